The number of carbonyl (C=O) groups excluding carboxylic acids is 1. The summed E-state index contributed by atoms with van der Waals surface area (Å²) in [6.07, 6.45) is 4.76. The Labute approximate surface area is 114 Å². The van der Waals surface area contributed by atoms with Crippen LogP contribution >= 0.6 is 0 Å². The molecule has 1 spiro atoms. The first-order chi connectivity index (χ1) is 9.20. The normalized spacial score (nSPS) is 20.7. The number of piperidine rings is 1. The van der Waals surface area contributed by atoms with E-state index in [2.05, 4.69) is 22.2 Å². The fourth-order valence-electron chi connectivity index (χ4n) is 2.61. The molecule has 1 fully saturated rings. The van der Waals surface area contributed by atoms with Crippen LogP contribution in [0.15, 0.2) is 18.5 Å². The van der Waals surface area contributed by atoms with E-state index >= 15 is 0 Å². The Hall–Kier alpha value is -1.62. The van der Waals surface area contributed by atoms with E-state index in [1.165, 1.54) is 0 Å². The number of likely N-dealkylation sites (tertiary alicyclic amines) is 1. The van der Waals surface area contributed by atoms with Crippen molar-refractivity contribution in [3.8, 4) is 0 Å². The Morgan fingerprint density at radius 2 is 2.05 bits per heavy atom. The van der Waals surface area contributed by atoms with Crippen LogP contribution in [0.3, 0.4) is 0 Å². The van der Waals surface area contributed by atoms with Crippen LogP contribution in [0.4, 0.5) is 10.5 Å². The molecule has 1 aromatic heterocycles. The van der Waals surface area contributed by atoms with Crippen LogP contribution in [0.1, 0.15) is 32.3 Å². The van der Waals surface area contributed by atoms with Gasteiger partial charge in [-0.3, -0.25) is 10.3 Å². The van der Waals surface area contributed by atoms with Gasteiger partial charge < -0.3 is 9.64 Å². The molecule has 0 atom stereocenters. The molecule has 0 saturated carbocycles. The van der Waals surface area contributed by atoms with Gasteiger partial charge in [-0.1, -0.05) is 13.8 Å². The number of amides is 1. The van der Waals surface area contributed by atoms with Gasteiger partial charge in [0.15, 0.2) is 0 Å². The lowest BCUT2D eigenvalue weighted by Crippen LogP contribution is -2.47. The highest BCUT2D eigenvalue weighted by Crippen LogP contribution is 2.42. The van der Waals surface area contributed by atoms with E-state index in [1.54, 1.807) is 12.4 Å². The number of rotatable bonds is 0. The minimum Gasteiger partial charge on any atom is -0.438 e. The van der Waals surface area contributed by atoms with Crippen molar-refractivity contribution < 1.29 is 9.53 Å². The molecule has 2 aliphatic rings. The summed E-state index contributed by atoms with van der Waals surface area (Å²) in [5.74, 6) is 0. The highest BCUT2D eigenvalue weighted by Gasteiger charge is 2.43. The van der Waals surface area contributed by atoms with Crippen LogP contribution in [0, 0.1) is 0 Å². The van der Waals surface area contributed by atoms with Crippen LogP contribution < -0.4 is 5.32 Å². The van der Waals surface area contributed by atoms with E-state index in [0.29, 0.717) is 0 Å². The standard InChI is InChI=1S/C12H15N3O2.C2H6/c1-15-6-3-12(4-7-15)9-2-5-13-8-10(9)14-11(16)17-12;1-2/h2,5,8H,3-4,6-7H2,1H3,(H,14,16);1-2H3. The summed E-state index contributed by atoms with van der Waals surface area (Å²) in [6, 6.07) is 1.94. The molecule has 0 unspecified atom stereocenters. The molecule has 3 heterocycles. The zero-order valence-electron chi connectivity index (χ0n) is 11.8. The average Bonchev–Trinajstić information content (AvgIpc) is 2.44. The van der Waals surface area contributed by atoms with Gasteiger partial charge >= 0.3 is 6.09 Å². The number of nitrogens with one attached hydrogen (secondary N) is 1. The van der Waals surface area contributed by atoms with E-state index in [4.69, 9.17) is 4.74 Å². The van der Waals surface area contributed by atoms with Gasteiger partial charge in [0.2, 0.25) is 0 Å². The molecule has 104 valence electrons. The number of pyridine rings is 1. The Morgan fingerprint density at radius 1 is 1.37 bits per heavy atom. The van der Waals surface area contributed by atoms with Crippen LogP contribution in [-0.2, 0) is 10.3 Å². The Bertz CT molecular complexity index is 454. The number of hydrogen-bond donors (Lipinski definition) is 1. The number of fused-ring (bicyclic) bond motifs is 2. The molecular weight excluding hydrogens is 242 g/mol. The molecule has 3 rings (SSSR count). The third-order valence-electron chi connectivity index (χ3n) is 3.63. The molecule has 5 heteroatoms. The molecule has 2 aliphatic heterocycles. The summed E-state index contributed by atoms with van der Waals surface area (Å²) < 4.78 is 5.59. The second kappa shape index (κ2) is 5.57. The maximum Gasteiger partial charge on any atom is 0.412 e. The minimum atomic E-state index is -0.451. The molecule has 1 aromatic rings. The molecule has 1 saturated heterocycles. The first kappa shape index (κ1) is 13.8. The summed E-state index contributed by atoms with van der Waals surface area (Å²) in [5.41, 5.74) is 1.39. The Balaban J connectivity index is 0.000000637. The zero-order chi connectivity index (χ0) is 13.9. The van der Waals surface area contributed by atoms with Crippen molar-refractivity contribution in [3.63, 3.8) is 0 Å². The summed E-state index contributed by atoms with van der Waals surface area (Å²) in [4.78, 5) is 17.9. The molecule has 1 amide bonds. The smallest absolute Gasteiger partial charge is 0.412 e. The van der Waals surface area contributed by atoms with E-state index in [1.807, 2.05) is 19.9 Å². The van der Waals surface area contributed by atoms with Gasteiger partial charge in [0.05, 0.1) is 11.9 Å². The predicted molar refractivity (Wildman–Crippen MR) is 74.1 cm³/mol. The number of anilines is 1. The van der Waals surface area contributed by atoms with Crippen molar-refractivity contribution in [1.82, 2.24) is 9.88 Å². The Morgan fingerprint density at radius 3 is 2.74 bits per heavy atom. The molecule has 0 radical (unpaired) electrons. The monoisotopic (exact) mass is 263 g/mol. The van der Waals surface area contributed by atoms with Crippen molar-refractivity contribution in [3.05, 3.63) is 24.0 Å². The number of ether oxygens (including phenoxy) is 1. The number of nitrogens with zero attached hydrogens (tertiary/aromatic N) is 2. The van der Waals surface area contributed by atoms with Crippen molar-refractivity contribution in [1.29, 1.82) is 0 Å². The minimum absolute atomic E-state index is 0.366. The highest BCUT2D eigenvalue weighted by atomic mass is 16.6. The largest absolute Gasteiger partial charge is 0.438 e. The molecule has 5 nitrogen and oxygen atoms in total. The molecular formula is C14H21N3O2. The summed E-state index contributed by atoms with van der Waals surface area (Å²) in [6.45, 7) is 5.88. The molecule has 0 aliphatic carbocycles. The lowest BCUT2D eigenvalue weighted by molar-refractivity contribution is -0.0334. The van der Waals surface area contributed by atoms with Crippen molar-refractivity contribution in [2.45, 2.75) is 32.3 Å². The van der Waals surface area contributed by atoms with Crippen molar-refractivity contribution >= 4 is 11.8 Å². The van der Waals surface area contributed by atoms with Gasteiger partial charge in [-0.05, 0) is 13.1 Å². The molecule has 0 aromatic carbocycles. The number of aromatic nitrogens is 1. The van der Waals surface area contributed by atoms with Crippen LogP contribution in [0.5, 0.6) is 0 Å². The van der Waals surface area contributed by atoms with Gasteiger partial charge in [0.1, 0.15) is 5.60 Å². The molecule has 0 bridgehead atoms. The fourth-order valence-corrected chi connectivity index (χ4v) is 2.61. The summed E-state index contributed by atoms with van der Waals surface area (Å²) in [7, 11) is 2.09. The third kappa shape index (κ3) is 2.56. The number of hydrogen-bond acceptors (Lipinski definition) is 4. The maximum atomic E-state index is 11.6. The fraction of sp³-hybridized carbons (Fsp3) is 0.571. The maximum absolute atomic E-state index is 11.6. The highest BCUT2D eigenvalue weighted by molar-refractivity contribution is 5.88. The summed E-state index contributed by atoms with van der Waals surface area (Å²) >= 11 is 0. The third-order valence-corrected chi connectivity index (χ3v) is 3.63. The first-order valence-electron chi connectivity index (χ1n) is 6.83. The lowest BCUT2D eigenvalue weighted by Gasteiger charge is -2.43. The van der Waals surface area contributed by atoms with E-state index in [-0.39, 0.29) is 6.09 Å². The summed E-state index contributed by atoms with van der Waals surface area (Å²) in [5, 5.41) is 2.71. The zero-order valence-corrected chi connectivity index (χ0v) is 11.8. The molecule has 1 N–H and O–H groups in total. The van der Waals surface area contributed by atoms with E-state index in [0.717, 1.165) is 37.2 Å². The van der Waals surface area contributed by atoms with Crippen LogP contribution in [-0.4, -0.2) is 36.1 Å². The Kier molecular flexibility index (Phi) is 4.04. The van der Waals surface area contributed by atoms with Crippen molar-refractivity contribution in [2.75, 3.05) is 25.5 Å². The first-order valence-corrected chi connectivity index (χ1v) is 6.83. The molecule has 19 heavy (non-hydrogen) atoms. The second-order valence-corrected chi connectivity index (χ2v) is 4.73. The quantitative estimate of drug-likeness (QED) is 0.781. The van der Waals surface area contributed by atoms with Gasteiger partial charge in [0, 0.05) is 37.7 Å². The van der Waals surface area contributed by atoms with Crippen LogP contribution in [0.2, 0.25) is 0 Å². The topological polar surface area (TPSA) is 54.5 Å². The second-order valence-electron chi connectivity index (χ2n) is 4.73. The van der Waals surface area contributed by atoms with Gasteiger partial charge in [-0.2, -0.15) is 0 Å². The average molecular weight is 263 g/mol. The van der Waals surface area contributed by atoms with Crippen molar-refractivity contribution in [2.24, 2.45) is 0 Å². The van der Waals surface area contributed by atoms with E-state index < -0.39 is 5.60 Å². The lowest BCUT2D eigenvalue weighted by atomic mass is 9.83. The predicted octanol–water partition coefficient (Wildman–Crippen LogP) is 2.59. The van der Waals surface area contributed by atoms with Gasteiger partial charge in [-0.25, -0.2) is 4.79 Å². The van der Waals surface area contributed by atoms with E-state index in [9.17, 15) is 4.79 Å². The van der Waals surface area contributed by atoms with Crippen LogP contribution in [0.25, 0.3) is 0 Å². The number of carbonyl (C=O) groups is 1. The van der Waals surface area contributed by atoms with Gasteiger partial charge in [0.25, 0.3) is 0 Å². The SMILES string of the molecule is CC.CN1CCC2(CC1)OC(=O)Nc1cnccc12. The van der Waals surface area contributed by atoms with Gasteiger partial charge in [-0.15, -0.1) is 0 Å².